The second-order valence-electron chi connectivity index (χ2n) is 7.95. The molecule has 192 valence electrons. The number of ether oxygens (including phenoxy) is 4. The SMILES string of the molecule is CCOC(=O)C1=C(CN2CCN(C(=O)OCC)CC2)NC(=O)NC1c1ccc(OCC)c(OC)c1. The maximum atomic E-state index is 13.1. The highest BCUT2D eigenvalue weighted by Gasteiger charge is 2.35. The molecule has 1 atom stereocenters. The third kappa shape index (κ3) is 6.36. The van der Waals surface area contributed by atoms with Crippen molar-refractivity contribution in [1.82, 2.24) is 20.4 Å². The first-order valence-corrected chi connectivity index (χ1v) is 11.8. The Morgan fingerprint density at radius 3 is 2.34 bits per heavy atom. The number of carbonyl (C=O) groups is 3. The van der Waals surface area contributed by atoms with Crippen molar-refractivity contribution in [3.05, 3.63) is 35.0 Å². The second kappa shape index (κ2) is 12.3. The van der Waals surface area contributed by atoms with Gasteiger partial charge >= 0.3 is 18.1 Å². The van der Waals surface area contributed by atoms with Gasteiger partial charge in [-0.2, -0.15) is 0 Å². The summed E-state index contributed by atoms with van der Waals surface area (Å²) in [4.78, 5) is 41.4. The van der Waals surface area contributed by atoms with Crippen LogP contribution in [-0.2, 0) is 14.3 Å². The summed E-state index contributed by atoms with van der Waals surface area (Å²) in [5.41, 5.74) is 1.45. The summed E-state index contributed by atoms with van der Waals surface area (Å²) in [5, 5.41) is 5.63. The molecule has 2 N–H and O–H groups in total. The van der Waals surface area contributed by atoms with Crippen molar-refractivity contribution in [1.29, 1.82) is 0 Å². The molecule has 11 heteroatoms. The topological polar surface area (TPSA) is 119 Å². The van der Waals surface area contributed by atoms with Crippen LogP contribution in [0.3, 0.4) is 0 Å². The van der Waals surface area contributed by atoms with Crippen LogP contribution in [0.2, 0.25) is 0 Å². The third-order valence-corrected chi connectivity index (χ3v) is 5.75. The van der Waals surface area contributed by atoms with Gasteiger partial charge in [0.2, 0.25) is 0 Å². The van der Waals surface area contributed by atoms with E-state index in [0.29, 0.717) is 74.3 Å². The first-order valence-electron chi connectivity index (χ1n) is 11.8. The minimum absolute atomic E-state index is 0.196. The molecule has 0 aromatic heterocycles. The molecule has 2 heterocycles. The molecular formula is C24H34N4O7. The zero-order chi connectivity index (χ0) is 25.4. The Labute approximate surface area is 205 Å². The smallest absolute Gasteiger partial charge is 0.409 e. The lowest BCUT2D eigenvalue weighted by atomic mass is 9.94. The van der Waals surface area contributed by atoms with E-state index in [4.69, 9.17) is 18.9 Å². The third-order valence-electron chi connectivity index (χ3n) is 5.75. The van der Waals surface area contributed by atoms with Crippen LogP contribution in [0.5, 0.6) is 11.5 Å². The van der Waals surface area contributed by atoms with Crippen LogP contribution in [0.15, 0.2) is 29.5 Å². The van der Waals surface area contributed by atoms with E-state index in [0.717, 1.165) is 0 Å². The number of hydrogen-bond donors (Lipinski definition) is 2. The highest BCUT2D eigenvalue weighted by atomic mass is 16.6. The number of methoxy groups -OCH3 is 1. The lowest BCUT2D eigenvalue weighted by Gasteiger charge is -2.36. The molecule has 0 bridgehead atoms. The highest BCUT2D eigenvalue weighted by Crippen LogP contribution is 2.35. The average molecular weight is 491 g/mol. The molecule has 3 amide bonds. The van der Waals surface area contributed by atoms with Gasteiger partial charge in [-0.05, 0) is 38.5 Å². The fourth-order valence-electron chi connectivity index (χ4n) is 4.11. The molecule has 2 aliphatic rings. The van der Waals surface area contributed by atoms with Gasteiger partial charge in [0.15, 0.2) is 11.5 Å². The van der Waals surface area contributed by atoms with Crippen molar-refractivity contribution < 1.29 is 33.3 Å². The molecule has 1 aromatic carbocycles. The Kier molecular flexibility index (Phi) is 9.18. The number of hydrogen-bond acceptors (Lipinski definition) is 8. The summed E-state index contributed by atoms with van der Waals surface area (Å²) in [6, 6.07) is 4.14. The van der Waals surface area contributed by atoms with Crippen molar-refractivity contribution in [2.45, 2.75) is 26.8 Å². The van der Waals surface area contributed by atoms with Crippen molar-refractivity contribution in [2.75, 3.05) is 59.7 Å². The van der Waals surface area contributed by atoms with Crippen molar-refractivity contribution in [2.24, 2.45) is 0 Å². The molecule has 0 radical (unpaired) electrons. The molecule has 1 fully saturated rings. The normalized spacial score (nSPS) is 18.5. The number of urea groups is 1. The van der Waals surface area contributed by atoms with E-state index < -0.39 is 18.0 Å². The molecule has 0 spiro atoms. The van der Waals surface area contributed by atoms with Gasteiger partial charge in [-0.25, -0.2) is 14.4 Å². The number of rotatable bonds is 9. The first-order chi connectivity index (χ1) is 16.9. The van der Waals surface area contributed by atoms with Gasteiger partial charge in [0.25, 0.3) is 0 Å². The molecule has 1 aromatic rings. The van der Waals surface area contributed by atoms with Crippen LogP contribution in [0.1, 0.15) is 32.4 Å². The molecule has 11 nitrogen and oxygen atoms in total. The molecule has 0 aliphatic carbocycles. The Hall–Kier alpha value is -3.47. The standard InChI is InChI=1S/C24H34N4O7/c1-5-33-18-9-8-16(14-19(18)32-4)21-20(22(29)34-6-2)17(25-23(30)26-21)15-27-10-12-28(13-11-27)24(31)35-7-3/h8-9,14,21H,5-7,10-13,15H2,1-4H3,(H2,25,26,30). The summed E-state index contributed by atoms with van der Waals surface area (Å²) in [6.45, 7) is 8.83. The zero-order valence-corrected chi connectivity index (χ0v) is 20.7. The number of nitrogens with zero attached hydrogens (tertiary/aromatic N) is 2. The van der Waals surface area contributed by atoms with Crippen molar-refractivity contribution in [3.63, 3.8) is 0 Å². The Balaban J connectivity index is 1.89. The van der Waals surface area contributed by atoms with Crippen LogP contribution in [0.4, 0.5) is 9.59 Å². The van der Waals surface area contributed by atoms with Crippen LogP contribution < -0.4 is 20.1 Å². The van der Waals surface area contributed by atoms with E-state index in [9.17, 15) is 14.4 Å². The minimum Gasteiger partial charge on any atom is -0.493 e. The number of piperazine rings is 1. The van der Waals surface area contributed by atoms with Crippen LogP contribution in [-0.4, -0.2) is 87.5 Å². The maximum Gasteiger partial charge on any atom is 0.409 e. The van der Waals surface area contributed by atoms with Gasteiger partial charge in [0, 0.05) is 38.4 Å². The first kappa shape index (κ1) is 26.1. The largest absolute Gasteiger partial charge is 0.493 e. The summed E-state index contributed by atoms with van der Waals surface area (Å²) < 4.78 is 21.5. The lowest BCUT2D eigenvalue weighted by Crippen LogP contribution is -2.52. The average Bonchev–Trinajstić information content (AvgIpc) is 2.84. The number of amides is 3. The molecule has 1 unspecified atom stereocenters. The molecule has 3 rings (SSSR count). The van der Waals surface area contributed by atoms with Gasteiger partial charge in [-0.15, -0.1) is 0 Å². The van der Waals surface area contributed by atoms with Crippen LogP contribution >= 0.6 is 0 Å². The van der Waals surface area contributed by atoms with E-state index in [1.165, 1.54) is 7.11 Å². The Morgan fingerprint density at radius 2 is 1.71 bits per heavy atom. The fourth-order valence-corrected chi connectivity index (χ4v) is 4.11. The number of esters is 1. The number of nitrogens with one attached hydrogen (secondary N) is 2. The Morgan fingerprint density at radius 1 is 1.00 bits per heavy atom. The van der Waals surface area contributed by atoms with Crippen LogP contribution in [0, 0.1) is 0 Å². The number of benzene rings is 1. The van der Waals surface area contributed by atoms with E-state index in [1.807, 2.05) is 6.92 Å². The van der Waals surface area contributed by atoms with E-state index in [1.54, 1.807) is 36.9 Å². The van der Waals surface area contributed by atoms with Crippen molar-refractivity contribution in [3.8, 4) is 11.5 Å². The van der Waals surface area contributed by atoms with E-state index in [2.05, 4.69) is 15.5 Å². The van der Waals surface area contributed by atoms with E-state index >= 15 is 0 Å². The monoisotopic (exact) mass is 490 g/mol. The van der Waals surface area contributed by atoms with Gasteiger partial charge in [-0.3, -0.25) is 4.90 Å². The highest BCUT2D eigenvalue weighted by molar-refractivity contribution is 5.95. The molecule has 1 saturated heterocycles. The van der Waals surface area contributed by atoms with Gasteiger partial charge in [-0.1, -0.05) is 6.07 Å². The lowest BCUT2D eigenvalue weighted by molar-refractivity contribution is -0.139. The Bertz CT molecular complexity index is 957. The summed E-state index contributed by atoms with van der Waals surface area (Å²) >= 11 is 0. The molecule has 0 saturated carbocycles. The molecular weight excluding hydrogens is 456 g/mol. The molecule has 2 aliphatic heterocycles. The minimum atomic E-state index is -0.733. The molecule has 35 heavy (non-hydrogen) atoms. The predicted molar refractivity (Wildman–Crippen MR) is 127 cm³/mol. The van der Waals surface area contributed by atoms with Crippen LogP contribution in [0.25, 0.3) is 0 Å². The predicted octanol–water partition coefficient (Wildman–Crippen LogP) is 2.04. The quantitative estimate of drug-likeness (QED) is 0.505. The van der Waals surface area contributed by atoms with Gasteiger partial charge in [0.05, 0.1) is 38.5 Å². The summed E-state index contributed by atoms with van der Waals surface area (Å²) in [6.07, 6.45) is -0.335. The maximum absolute atomic E-state index is 13.1. The van der Waals surface area contributed by atoms with Gasteiger partial charge < -0.3 is 34.5 Å². The van der Waals surface area contributed by atoms with Gasteiger partial charge in [0.1, 0.15) is 0 Å². The summed E-state index contributed by atoms with van der Waals surface area (Å²) in [7, 11) is 1.53. The van der Waals surface area contributed by atoms with Crippen molar-refractivity contribution >= 4 is 18.1 Å². The summed E-state index contributed by atoms with van der Waals surface area (Å²) in [5.74, 6) is 0.551. The zero-order valence-electron chi connectivity index (χ0n) is 20.7. The van der Waals surface area contributed by atoms with E-state index in [-0.39, 0.29) is 12.7 Å². The second-order valence-corrected chi connectivity index (χ2v) is 7.95. The number of carbonyl (C=O) groups excluding carboxylic acids is 3. The fraction of sp³-hybridized carbons (Fsp3) is 0.542.